The molecule has 0 spiro atoms. The number of furan rings is 1. The largest absolute Gasteiger partial charge is 0.464 e. The molecule has 1 atom stereocenters. The van der Waals surface area contributed by atoms with Gasteiger partial charge in [0.25, 0.3) is 5.91 Å². The summed E-state index contributed by atoms with van der Waals surface area (Å²) in [5.41, 5.74) is 3.42. The molecule has 0 saturated heterocycles. The smallest absolute Gasteiger partial charge is 0.311 e. The SMILES string of the molecule is Cc1ccc2c(CC(=O)O[C@@H](C)C(=O)NCCc3ccc(F)cc3)coc2c1. The van der Waals surface area contributed by atoms with Crippen LogP contribution in [0.3, 0.4) is 0 Å². The van der Waals surface area contributed by atoms with E-state index in [1.54, 1.807) is 18.4 Å². The number of carbonyl (C=O) groups excluding carboxylic acids is 2. The molecule has 1 aromatic heterocycles. The van der Waals surface area contributed by atoms with Gasteiger partial charge >= 0.3 is 5.97 Å². The second-order valence-corrected chi connectivity index (χ2v) is 6.74. The molecule has 3 aromatic rings. The lowest BCUT2D eigenvalue weighted by Crippen LogP contribution is -2.37. The van der Waals surface area contributed by atoms with Crippen LogP contribution in [0.5, 0.6) is 0 Å². The highest BCUT2D eigenvalue weighted by Gasteiger charge is 2.19. The molecule has 0 radical (unpaired) electrons. The lowest BCUT2D eigenvalue weighted by Gasteiger charge is -2.13. The van der Waals surface area contributed by atoms with Crippen LogP contribution in [0.1, 0.15) is 23.6 Å². The number of fused-ring (bicyclic) bond motifs is 1. The van der Waals surface area contributed by atoms with E-state index < -0.39 is 12.1 Å². The van der Waals surface area contributed by atoms with Crippen LogP contribution < -0.4 is 5.32 Å². The maximum atomic E-state index is 12.9. The van der Waals surface area contributed by atoms with Crippen molar-refractivity contribution < 1.29 is 23.1 Å². The predicted molar refractivity (Wildman–Crippen MR) is 103 cm³/mol. The van der Waals surface area contributed by atoms with Crippen LogP contribution in [0.2, 0.25) is 0 Å². The Morgan fingerprint density at radius 2 is 1.93 bits per heavy atom. The Hall–Kier alpha value is -3.15. The first-order valence-electron chi connectivity index (χ1n) is 9.11. The number of rotatable bonds is 7. The first kappa shape index (κ1) is 19.6. The Bertz CT molecular complexity index is 978. The van der Waals surface area contributed by atoms with E-state index >= 15 is 0 Å². The Labute approximate surface area is 162 Å². The second-order valence-electron chi connectivity index (χ2n) is 6.74. The van der Waals surface area contributed by atoms with Gasteiger partial charge in [-0.1, -0.05) is 24.3 Å². The average Bonchev–Trinajstić information content (AvgIpc) is 3.04. The Balaban J connectivity index is 1.47. The van der Waals surface area contributed by atoms with Crippen LogP contribution >= 0.6 is 0 Å². The third-order valence-electron chi connectivity index (χ3n) is 4.45. The first-order valence-corrected chi connectivity index (χ1v) is 9.11. The number of carbonyl (C=O) groups is 2. The van der Waals surface area contributed by atoms with Gasteiger partial charge in [-0.05, 0) is 49.6 Å². The quantitative estimate of drug-likeness (QED) is 0.632. The van der Waals surface area contributed by atoms with E-state index in [1.165, 1.54) is 19.1 Å². The number of ether oxygens (including phenoxy) is 1. The maximum Gasteiger partial charge on any atom is 0.311 e. The van der Waals surface area contributed by atoms with Crippen molar-refractivity contribution in [2.45, 2.75) is 32.8 Å². The highest BCUT2D eigenvalue weighted by molar-refractivity contribution is 5.88. The number of amides is 1. The Kier molecular flexibility index (Phi) is 6.09. The monoisotopic (exact) mass is 383 g/mol. The molecule has 0 unspecified atom stereocenters. The normalized spacial score (nSPS) is 12.0. The summed E-state index contributed by atoms with van der Waals surface area (Å²) in [5, 5.41) is 3.58. The fraction of sp³-hybridized carbons (Fsp3) is 0.273. The number of benzene rings is 2. The standard InChI is InChI=1S/C22H22FNO4/c1-14-3-8-19-17(13-27-20(19)11-14)12-21(25)28-15(2)22(26)24-10-9-16-4-6-18(23)7-5-16/h3-8,11,13,15H,9-10,12H2,1-2H3,(H,24,26)/t15-/m0/s1. The molecule has 1 N–H and O–H groups in total. The summed E-state index contributed by atoms with van der Waals surface area (Å²) in [6, 6.07) is 11.8. The van der Waals surface area contributed by atoms with Gasteiger partial charge in [-0.15, -0.1) is 0 Å². The molecule has 0 aliphatic rings. The molecule has 1 amide bonds. The van der Waals surface area contributed by atoms with E-state index in [0.717, 1.165) is 27.7 Å². The minimum absolute atomic E-state index is 0.0310. The Morgan fingerprint density at radius 1 is 1.18 bits per heavy atom. The molecule has 6 heteroatoms. The molecular weight excluding hydrogens is 361 g/mol. The third kappa shape index (κ3) is 4.97. The predicted octanol–water partition coefficient (Wildman–Crippen LogP) is 3.71. The van der Waals surface area contributed by atoms with Crippen LogP contribution in [-0.4, -0.2) is 24.5 Å². The summed E-state index contributed by atoms with van der Waals surface area (Å²) < 4.78 is 23.6. The maximum absolute atomic E-state index is 12.9. The van der Waals surface area contributed by atoms with Crippen LogP contribution in [0.4, 0.5) is 4.39 Å². The third-order valence-corrected chi connectivity index (χ3v) is 4.45. The van der Waals surface area contributed by atoms with Crippen molar-refractivity contribution >= 4 is 22.8 Å². The highest BCUT2D eigenvalue weighted by atomic mass is 19.1. The van der Waals surface area contributed by atoms with Crippen molar-refractivity contribution in [1.29, 1.82) is 0 Å². The minimum Gasteiger partial charge on any atom is -0.464 e. The zero-order valence-electron chi connectivity index (χ0n) is 15.8. The molecule has 0 aliphatic heterocycles. The molecule has 0 fully saturated rings. The summed E-state index contributed by atoms with van der Waals surface area (Å²) in [6.07, 6.45) is 1.23. The molecule has 28 heavy (non-hydrogen) atoms. The fourth-order valence-corrected chi connectivity index (χ4v) is 2.90. The molecule has 5 nitrogen and oxygen atoms in total. The molecule has 146 valence electrons. The number of hydrogen-bond acceptors (Lipinski definition) is 4. The van der Waals surface area contributed by atoms with Crippen molar-refractivity contribution in [2.24, 2.45) is 0 Å². The lowest BCUT2D eigenvalue weighted by molar-refractivity contribution is -0.154. The van der Waals surface area contributed by atoms with Gasteiger partial charge in [-0.25, -0.2) is 4.39 Å². The van der Waals surface area contributed by atoms with Gasteiger partial charge in [-0.3, -0.25) is 9.59 Å². The summed E-state index contributed by atoms with van der Waals surface area (Å²) in [5.74, 6) is -1.17. The van der Waals surface area contributed by atoms with Gasteiger partial charge in [0.2, 0.25) is 0 Å². The lowest BCUT2D eigenvalue weighted by atomic mass is 10.1. The van der Waals surface area contributed by atoms with Gasteiger partial charge < -0.3 is 14.5 Å². The van der Waals surface area contributed by atoms with Gasteiger partial charge in [-0.2, -0.15) is 0 Å². The van der Waals surface area contributed by atoms with Crippen molar-refractivity contribution in [3.63, 3.8) is 0 Å². The van der Waals surface area contributed by atoms with Gasteiger partial charge in [0.05, 0.1) is 12.7 Å². The van der Waals surface area contributed by atoms with Crippen LogP contribution in [-0.2, 0) is 27.2 Å². The van der Waals surface area contributed by atoms with E-state index in [2.05, 4.69) is 5.32 Å². The fourth-order valence-electron chi connectivity index (χ4n) is 2.90. The van der Waals surface area contributed by atoms with E-state index in [9.17, 15) is 14.0 Å². The van der Waals surface area contributed by atoms with Gasteiger partial charge in [0, 0.05) is 17.5 Å². The minimum atomic E-state index is -0.902. The zero-order chi connectivity index (χ0) is 20.1. The summed E-state index contributed by atoms with van der Waals surface area (Å²) in [7, 11) is 0. The topological polar surface area (TPSA) is 68.5 Å². The molecule has 1 heterocycles. The van der Waals surface area contributed by atoms with E-state index in [-0.39, 0.29) is 18.1 Å². The zero-order valence-corrected chi connectivity index (χ0v) is 15.8. The van der Waals surface area contributed by atoms with E-state index in [1.807, 2.05) is 25.1 Å². The molecule has 2 aromatic carbocycles. The highest BCUT2D eigenvalue weighted by Crippen LogP contribution is 2.23. The molecule has 0 bridgehead atoms. The van der Waals surface area contributed by atoms with Crippen LogP contribution in [0, 0.1) is 12.7 Å². The first-order chi connectivity index (χ1) is 13.4. The molecular formula is C22H22FNO4. The van der Waals surface area contributed by atoms with Gasteiger partial charge in [0.1, 0.15) is 11.4 Å². The van der Waals surface area contributed by atoms with Crippen molar-refractivity contribution in [3.8, 4) is 0 Å². The van der Waals surface area contributed by atoms with E-state index in [4.69, 9.17) is 9.15 Å². The molecule has 0 aliphatic carbocycles. The van der Waals surface area contributed by atoms with E-state index in [0.29, 0.717) is 13.0 Å². The number of nitrogens with one attached hydrogen (secondary N) is 1. The van der Waals surface area contributed by atoms with Crippen LogP contribution in [0.25, 0.3) is 11.0 Å². The van der Waals surface area contributed by atoms with Crippen molar-refractivity contribution in [3.05, 3.63) is 71.2 Å². The summed E-state index contributed by atoms with van der Waals surface area (Å²) in [6.45, 7) is 3.87. The number of halogens is 1. The van der Waals surface area contributed by atoms with Gasteiger partial charge in [0.15, 0.2) is 6.10 Å². The van der Waals surface area contributed by atoms with Crippen LogP contribution in [0.15, 0.2) is 53.1 Å². The average molecular weight is 383 g/mol. The van der Waals surface area contributed by atoms with Crippen molar-refractivity contribution in [2.75, 3.05) is 6.54 Å². The molecule has 3 rings (SSSR count). The van der Waals surface area contributed by atoms with Crippen molar-refractivity contribution in [1.82, 2.24) is 5.32 Å². The summed E-state index contributed by atoms with van der Waals surface area (Å²) in [4.78, 5) is 24.3. The Morgan fingerprint density at radius 3 is 2.68 bits per heavy atom. The molecule has 0 saturated carbocycles. The second kappa shape index (κ2) is 8.69. The number of aryl methyl sites for hydroxylation is 1. The summed E-state index contributed by atoms with van der Waals surface area (Å²) >= 11 is 0. The number of hydrogen-bond donors (Lipinski definition) is 1. The number of esters is 1.